The molecule has 0 aliphatic rings. The average molecular weight is 208 g/mol. The van der Waals surface area contributed by atoms with Gasteiger partial charge in [-0.1, -0.05) is 0 Å². The van der Waals surface area contributed by atoms with Gasteiger partial charge in [-0.05, 0) is 0 Å². The number of rotatable bonds is 0. The quantitative estimate of drug-likeness (QED) is 0.527. The molecule has 0 nitrogen and oxygen atoms in total. The monoisotopic (exact) mass is 207 g/mol. The molecule has 0 saturated heterocycles. The van der Waals surface area contributed by atoms with E-state index in [1.165, 1.54) is 0 Å². The molecule has 0 fully saturated rings. The summed E-state index contributed by atoms with van der Waals surface area (Å²) in [6.45, 7) is 0. The second-order valence-electron chi connectivity index (χ2n) is 0. The molecule has 0 aromatic carbocycles. The topological polar surface area (TPSA) is 0 Å². The molecule has 0 bridgehead atoms. The summed E-state index contributed by atoms with van der Waals surface area (Å²) in [7, 11) is 3.71. The Bertz CT molecular complexity index is 6.00. The third kappa shape index (κ3) is 9.31. The van der Waals surface area contributed by atoms with Crippen molar-refractivity contribution in [2.45, 2.75) is 0 Å². The summed E-state index contributed by atoms with van der Waals surface area (Å²) < 4.78 is 0. The van der Waals surface area contributed by atoms with Crippen LogP contribution in [0, 0.1) is 0 Å². The first-order valence-corrected chi connectivity index (χ1v) is 1.60. The van der Waals surface area contributed by atoms with Gasteiger partial charge in [0.15, 0.2) is 0 Å². The van der Waals surface area contributed by atoms with E-state index < -0.39 is 0 Å². The van der Waals surface area contributed by atoms with Crippen molar-refractivity contribution >= 4 is 10.7 Å². The average Bonchev–Trinajstić information content (AvgIpc) is 1.00. The number of hydrogen-bond donors (Lipinski definition) is 0. The van der Waals surface area contributed by atoms with E-state index in [9.17, 15) is 0 Å². The predicted molar refractivity (Wildman–Crippen MR) is 7.59 cm³/mol. The van der Waals surface area contributed by atoms with E-state index >= 15 is 0 Å². The number of hydrogen-bond acceptors (Lipinski definition) is 1. The Balaban J connectivity index is -0.00000000500. The minimum absolute atomic E-state index is 0. The molecule has 0 N–H and O–H groups in total. The van der Waals surface area contributed by atoms with Gasteiger partial charge in [-0.2, -0.15) is 0 Å². The molecule has 0 rings (SSSR count). The molecule has 0 aliphatic carbocycles. The molecule has 1 radical (unpaired) electrons. The Kier molecular flexibility index (Phi) is 95.4. The van der Waals surface area contributed by atoms with Crippen molar-refractivity contribution in [3.05, 3.63) is 0 Å². The summed E-state index contributed by atoms with van der Waals surface area (Å²) in [5.74, 6) is 0. The van der Waals surface area contributed by atoms with Gasteiger partial charge in [0, 0.05) is 33.3 Å². The molecule has 0 aliphatic heterocycles. The van der Waals surface area contributed by atoms with E-state index in [0.29, 0.717) is 0 Å². The second kappa shape index (κ2) is 22.1. The molecule has 35 valence electrons. The van der Waals surface area contributed by atoms with E-state index in [2.05, 4.69) is 24.5 Å². The Morgan fingerprint density at radius 2 is 1.25 bits per heavy atom. The van der Waals surface area contributed by atoms with Gasteiger partial charge in [0.2, 0.25) is 0 Å². The van der Waals surface area contributed by atoms with Crippen LogP contribution in [0.2, 0.25) is 0 Å². The minimum atomic E-state index is 0. The van der Waals surface area contributed by atoms with Gasteiger partial charge < -0.3 is 0 Å². The molecule has 0 saturated carbocycles. The van der Waals surface area contributed by atoms with Crippen molar-refractivity contribution in [2.24, 2.45) is 0 Å². The first kappa shape index (κ1) is 17.2. The summed E-state index contributed by atoms with van der Waals surface area (Å²) in [6.07, 6.45) is 0. The van der Waals surface area contributed by atoms with Crippen LogP contribution in [-0.4, -0.2) is 0 Å². The van der Waals surface area contributed by atoms with Crippen LogP contribution < -0.4 is 0 Å². The van der Waals surface area contributed by atoms with Crippen LogP contribution in [0.25, 0.3) is 0 Å². The molecule has 0 aromatic heterocycles. The summed E-state index contributed by atoms with van der Waals surface area (Å²) in [4.78, 5) is 0. The van der Waals surface area contributed by atoms with Crippen LogP contribution in [0.1, 0.15) is 0 Å². The molecular formula is CoNi2S. The molecule has 4 heavy (non-hydrogen) atoms. The zero-order valence-electron chi connectivity index (χ0n) is 1.37. The van der Waals surface area contributed by atoms with Crippen molar-refractivity contribution in [3.63, 3.8) is 0 Å². The Morgan fingerprint density at radius 3 is 1.25 bits per heavy atom. The molecular weight excluding hydrogens is 208 g/mol. The Hall–Kier alpha value is 1.71. The van der Waals surface area contributed by atoms with Crippen molar-refractivity contribution in [2.75, 3.05) is 0 Å². The molecule has 0 spiro atoms. The van der Waals surface area contributed by atoms with Crippen molar-refractivity contribution in [3.8, 4) is 0 Å². The van der Waals surface area contributed by atoms with E-state index in [1.54, 1.807) is 0 Å². The predicted octanol–water partition coefficient (Wildman–Crippen LogP) is 0.641. The van der Waals surface area contributed by atoms with E-state index in [0.717, 1.165) is 0 Å². The molecule has 0 unspecified atom stereocenters. The normalized spacial score (nSPS) is 1.50. The Labute approximate surface area is 57.5 Å². The molecule has 0 atom stereocenters. The van der Waals surface area contributed by atoms with Gasteiger partial charge in [0.1, 0.15) is 0 Å². The van der Waals surface area contributed by atoms with E-state index in [4.69, 9.17) is 0 Å². The fourth-order valence-corrected chi connectivity index (χ4v) is 0. The molecule has 0 amide bonds. The first-order valence-electron chi connectivity index (χ1n) is 0.129. The second-order valence-corrected chi connectivity index (χ2v) is 0. The van der Waals surface area contributed by atoms with Gasteiger partial charge in [-0.3, -0.25) is 0 Å². The summed E-state index contributed by atoms with van der Waals surface area (Å²) in [6, 6.07) is 0. The molecule has 0 aromatic rings. The first-order chi connectivity index (χ1) is 1.00. The standard InChI is InChI=1S/Co.2Ni.S. The van der Waals surface area contributed by atoms with Crippen LogP contribution in [-0.2, 0) is 47.1 Å². The summed E-state index contributed by atoms with van der Waals surface area (Å²) in [5, 5.41) is 0. The van der Waals surface area contributed by atoms with E-state index in [1.807, 2.05) is 0 Å². The molecule has 4 heteroatoms. The maximum absolute atomic E-state index is 3.71. The van der Waals surface area contributed by atoms with Crippen LogP contribution in [0.15, 0.2) is 0 Å². The van der Waals surface area contributed by atoms with Crippen molar-refractivity contribution in [1.29, 1.82) is 0 Å². The van der Waals surface area contributed by atoms with Gasteiger partial charge in [-0.25, -0.2) is 0 Å². The van der Waals surface area contributed by atoms with Crippen LogP contribution in [0.4, 0.5) is 0 Å². The van der Waals surface area contributed by atoms with Crippen LogP contribution in [0.3, 0.4) is 0 Å². The maximum atomic E-state index is 3.71. The zero-order valence-corrected chi connectivity index (χ0v) is 5.21. The third-order valence-corrected chi connectivity index (χ3v) is 0. The van der Waals surface area contributed by atoms with Gasteiger partial charge in [0.05, 0.1) is 0 Å². The Morgan fingerprint density at radius 1 is 1.25 bits per heavy atom. The van der Waals surface area contributed by atoms with E-state index in [-0.39, 0.29) is 33.3 Å². The van der Waals surface area contributed by atoms with Gasteiger partial charge in [-0.15, -0.1) is 0 Å². The molecule has 0 heterocycles. The SMILES string of the molecule is [Co].[Ni].[S]=[Ni]. The summed E-state index contributed by atoms with van der Waals surface area (Å²) >= 11 is 3.46. The van der Waals surface area contributed by atoms with Crippen molar-refractivity contribution < 1.29 is 47.1 Å². The zero-order chi connectivity index (χ0) is 2.00. The van der Waals surface area contributed by atoms with Crippen LogP contribution in [0.5, 0.6) is 0 Å². The fraction of sp³-hybridized carbons (Fsp3) is 0. The van der Waals surface area contributed by atoms with Crippen LogP contribution >= 0.6 is 10.7 Å². The van der Waals surface area contributed by atoms with Crippen molar-refractivity contribution in [1.82, 2.24) is 0 Å². The van der Waals surface area contributed by atoms with Gasteiger partial charge >= 0.3 is 24.5 Å². The summed E-state index contributed by atoms with van der Waals surface area (Å²) in [5.41, 5.74) is 0. The van der Waals surface area contributed by atoms with Gasteiger partial charge in [0.25, 0.3) is 0 Å². The third-order valence-electron chi connectivity index (χ3n) is 0. The fourth-order valence-electron chi connectivity index (χ4n) is 0.